The Labute approximate surface area is 149 Å². The first kappa shape index (κ1) is 16.4. The van der Waals surface area contributed by atoms with Gasteiger partial charge < -0.3 is 10.4 Å². The van der Waals surface area contributed by atoms with Gasteiger partial charge in [0.15, 0.2) is 11.2 Å². The third-order valence-electron chi connectivity index (χ3n) is 4.97. The zero-order valence-electron chi connectivity index (χ0n) is 14.5. The fourth-order valence-corrected chi connectivity index (χ4v) is 3.54. The van der Waals surface area contributed by atoms with E-state index >= 15 is 0 Å². The van der Waals surface area contributed by atoms with Crippen molar-refractivity contribution in [1.29, 1.82) is 0 Å². The Morgan fingerprint density at radius 2 is 1.92 bits per heavy atom. The molecule has 1 aliphatic rings. The number of hydrogen-bond acceptors (Lipinski definition) is 5. The van der Waals surface area contributed by atoms with Crippen molar-refractivity contribution >= 4 is 17.1 Å². The summed E-state index contributed by atoms with van der Waals surface area (Å²) in [5.41, 5.74) is 0.710. The molecule has 2 aromatic heterocycles. The van der Waals surface area contributed by atoms with Crippen molar-refractivity contribution in [2.24, 2.45) is 7.05 Å². The quantitative estimate of drug-likeness (QED) is 0.658. The Balaban J connectivity index is 1.85. The first-order valence-corrected chi connectivity index (χ1v) is 8.77. The number of H-pyrrole nitrogens is 1. The molecule has 1 saturated carbocycles. The molecule has 0 bridgehead atoms. The monoisotopic (exact) mass is 355 g/mol. The van der Waals surface area contributed by atoms with Gasteiger partial charge in [-0.1, -0.05) is 25.0 Å². The van der Waals surface area contributed by atoms with Crippen molar-refractivity contribution in [2.45, 2.75) is 38.3 Å². The number of aromatic nitrogens is 4. The molecule has 0 saturated heterocycles. The lowest BCUT2D eigenvalue weighted by atomic mass is 10.2. The summed E-state index contributed by atoms with van der Waals surface area (Å²) < 4.78 is 3.15. The molecule has 136 valence electrons. The average molecular weight is 355 g/mol. The van der Waals surface area contributed by atoms with E-state index in [1.165, 1.54) is 17.4 Å². The molecule has 0 aliphatic heterocycles. The number of benzene rings is 1. The predicted octanol–water partition coefficient (Wildman–Crippen LogP) is 1.53. The number of anilines is 1. The fourth-order valence-electron chi connectivity index (χ4n) is 3.54. The van der Waals surface area contributed by atoms with E-state index < -0.39 is 11.2 Å². The van der Waals surface area contributed by atoms with Crippen molar-refractivity contribution in [3.63, 3.8) is 0 Å². The largest absolute Gasteiger partial charge is 0.508 e. The number of aromatic hydroxyl groups is 1. The lowest BCUT2D eigenvalue weighted by molar-refractivity contribution is 0.475. The number of fused-ring (bicyclic) bond motifs is 1. The lowest BCUT2D eigenvalue weighted by Crippen LogP contribution is -2.29. The average Bonchev–Trinajstić information content (AvgIpc) is 3.24. The molecule has 4 rings (SSSR count). The molecule has 1 fully saturated rings. The van der Waals surface area contributed by atoms with Crippen LogP contribution in [0.3, 0.4) is 0 Å². The van der Waals surface area contributed by atoms with Gasteiger partial charge in [0.2, 0.25) is 5.95 Å². The standard InChI is InChI=1S/C18H21N5O3/c1-22-15-14(16(25)21-18(22)26)23(10-11-6-8-13(24)9-7-11)17(20-15)19-12-4-2-3-5-12/h6-9,12,24H,2-5,10H2,1H3,(H,19,20)(H,21,25,26). The molecule has 0 radical (unpaired) electrons. The second kappa shape index (κ2) is 6.36. The van der Waals surface area contributed by atoms with Crippen molar-refractivity contribution < 1.29 is 5.11 Å². The molecule has 1 aromatic carbocycles. The van der Waals surface area contributed by atoms with E-state index in [1.807, 2.05) is 0 Å². The minimum Gasteiger partial charge on any atom is -0.508 e. The van der Waals surface area contributed by atoms with Crippen LogP contribution in [0.1, 0.15) is 31.2 Å². The fraction of sp³-hybridized carbons (Fsp3) is 0.389. The van der Waals surface area contributed by atoms with Crippen LogP contribution in [0.25, 0.3) is 11.2 Å². The zero-order chi connectivity index (χ0) is 18.3. The van der Waals surface area contributed by atoms with Crippen LogP contribution in [-0.4, -0.2) is 30.3 Å². The van der Waals surface area contributed by atoms with Gasteiger partial charge >= 0.3 is 5.69 Å². The summed E-state index contributed by atoms with van der Waals surface area (Å²) in [6, 6.07) is 7.14. The van der Waals surface area contributed by atoms with Crippen LogP contribution in [0.5, 0.6) is 5.75 Å². The van der Waals surface area contributed by atoms with Crippen LogP contribution in [0, 0.1) is 0 Å². The highest BCUT2D eigenvalue weighted by Crippen LogP contribution is 2.24. The molecule has 8 heteroatoms. The van der Waals surface area contributed by atoms with Gasteiger partial charge in [0.05, 0.1) is 6.54 Å². The second-order valence-electron chi connectivity index (χ2n) is 6.80. The van der Waals surface area contributed by atoms with Crippen LogP contribution in [0.15, 0.2) is 33.9 Å². The molecular weight excluding hydrogens is 334 g/mol. The third kappa shape index (κ3) is 2.87. The summed E-state index contributed by atoms with van der Waals surface area (Å²) >= 11 is 0. The number of aromatic amines is 1. The molecule has 0 spiro atoms. The molecule has 3 aromatic rings. The Bertz CT molecular complexity index is 1060. The van der Waals surface area contributed by atoms with Gasteiger partial charge in [-0.25, -0.2) is 4.79 Å². The Hall–Kier alpha value is -3.03. The van der Waals surface area contributed by atoms with E-state index in [2.05, 4.69) is 15.3 Å². The number of rotatable bonds is 4. The number of hydrogen-bond donors (Lipinski definition) is 3. The Morgan fingerprint density at radius 1 is 1.23 bits per heavy atom. The van der Waals surface area contributed by atoms with Crippen LogP contribution >= 0.6 is 0 Å². The smallest absolute Gasteiger partial charge is 0.329 e. The highest BCUT2D eigenvalue weighted by atomic mass is 16.3. The summed E-state index contributed by atoms with van der Waals surface area (Å²) in [6.07, 6.45) is 4.49. The van der Waals surface area contributed by atoms with Gasteiger partial charge in [-0.3, -0.25) is 18.9 Å². The van der Waals surface area contributed by atoms with Gasteiger partial charge in [0, 0.05) is 13.1 Å². The van der Waals surface area contributed by atoms with E-state index in [0.717, 1.165) is 18.4 Å². The molecule has 2 heterocycles. The summed E-state index contributed by atoms with van der Waals surface area (Å²) in [7, 11) is 1.60. The maximum absolute atomic E-state index is 12.5. The number of phenolic OH excluding ortho intramolecular Hbond substituents is 1. The number of imidazole rings is 1. The number of phenols is 1. The molecule has 26 heavy (non-hydrogen) atoms. The van der Waals surface area contributed by atoms with Crippen LogP contribution in [0.2, 0.25) is 0 Å². The van der Waals surface area contributed by atoms with E-state index in [0.29, 0.717) is 29.7 Å². The molecule has 0 atom stereocenters. The topological polar surface area (TPSA) is 105 Å². The SMILES string of the molecule is Cn1c(=O)[nH]c(=O)c2c1nc(NC1CCCC1)n2Cc1ccc(O)cc1. The van der Waals surface area contributed by atoms with E-state index in [-0.39, 0.29) is 5.75 Å². The molecule has 0 amide bonds. The molecule has 1 aliphatic carbocycles. The van der Waals surface area contributed by atoms with Gasteiger partial charge in [0.1, 0.15) is 5.75 Å². The summed E-state index contributed by atoms with van der Waals surface area (Å²) in [4.78, 5) is 31.3. The van der Waals surface area contributed by atoms with Crippen molar-refractivity contribution in [3.8, 4) is 5.75 Å². The van der Waals surface area contributed by atoms with E-state index in [9.17, 15) is 14.7 Å². The third-order valence-corrected chi connectivity index (χ3v) is 4.97. The zero-order valence-corrected chi connectivity index (χ0v) is 14.5. The summed E-state index contributed by atoms with van der Waals surface area (Å²) in [6.45, 7) is 0.410. The molecule has 0 unspecified atom stereocenters. The Morgan fingerprint density at radius 3 is 2.62 bits per heavy atom. The highest BCUT2D eigenvalue weighted by Gasteiger charge is 2.21. The molecule has 3 N–H and O–H groups in total. The van der Waals surface area contributed by atoms with Crippen LogP contribution in [0.4, 0.5) is 5.95 Å². The number of nitrogens with zero attached hydrogens (tertiary/aromatic N) is 3. The maximum atomic E-state index is 12.5. The van der Waals surface area contributed by atoms with Crippen molar-refractivity contribution in [2.75, 3.05) is 5.32 Å². The summed E-state index contributed by atoms with van der Waals surface area (Å²) in [5, 5.41) is 12.9. The second-order valence-corrected chi connectivity index (χ2v) is 6.80. The van der Waals surface area contributed by atoms with E-state index in [4.69, 9.17) is 0 Å². The number of aryl methyl sites for hydroxylation is 1. The number of nitrogens with one attached hydrogen (secondary N) is 2. The van der Waals surface area contributed by atoms with Gasteiger partial charge in [-0.15, -0.1) is 0 Å². The molecule has 8 nitrogen and oxygen atoms in total. The first-order valence-electron chi connectivity index (χ1n) is 8.77. The van der Waals surface area contributed by atoms with Gasteiger partial charge in [-0.05, 0) is 30.5 Å². The maximum Gasteiger partial charge on any atom is 0.329 e. The van der Waals surface area contributed by atoms with Crippen molar-refractivity contribution in [1.82, 2.24) is 19.1 Å². The highest BCUT2D eigenvalue weighted by molar-refractivity contribution is 5.74. The first-order chi connectivity index (χ1) is 12.5. The molecular formula is C18H21N5O3. The minimum atomic E-state index is -0.482. The van der Waals surface area contributed by atoms with E-state index in [1.54, 1.807) is 35.9 Å². The van der Waals surface area contributed by atoms with Crippen LogP contribution < -0.4 is 16.6 Å². The predicted molar refractivity (Wildman–Crippen MR) is 98.7 cm³/mol. The summed E-state index contributed by atoms with van der Waals surface area (Å²) in [5.74, 6) is 0.778. The normalized spacial score (nSPS) is 15.0. The van der Waals surface area contributed by atoms with Crippen molar-refractivity contribution in [3.05, 3.63) is 50.7 Å². The van der Waals surface area contributed by atoms with Crippen LogP contribution in [-0.2, 0) is 13.6 Å². The van der Waals surface area contributed by atoms with Gasteiger partial charge in [0.25, 0.3) is 5.56 Å². The Kier molecular flexibility index (Phi) is 4.02. The van der Waals surface area contributed by atoms with Gasteiger partial charge in [-0.2, -0.15) is 4.98 Å². The lowest BCUT2D eigenvalue weighted by Gasteiger charge is -2.15. The minimum absolute atomic E-state index is 0.189.